The van der Waals surface area contributed by atoms with E-state index in [9.17, 15) is 0 Å². The molecule has 1 heterocycles. The van der Waals surface area contributed by atoms with E-state index in [1.807, 2.05) is 0 Å². The van der Waals surface area contributed by atoms with Gasteiger partial charge in [-0.3, -0.25) is 0 Å². The lowest BCUT2D eigenvalue weighted by Gasteiger charge is -2.04. The van der Waals surface area contributed by atoms with E-state index in [4.69, 9.17) is 22.1 Å². The van der Waals surface area contributed by atoms with E-state index in [0.717, 1.165) is 18.6 Å². The van der Waals surface area contributed by atoms with Gasteiger partial charge in [0.25, 0.3) is 0 Å². The highest BCUT2D eigenvalue weighted by Crippen LogP contribution is 2.12. The number of rotatable bonds is 5. The van der Waals surface area contributed by atoms with Crippen molar-refractivity contribution in [2.45, 2.75) is 12.8 Å². The fourth-order valence-electron chi connectivity index (χ4n) is 0.884. The predicted octanol–water partition coefficient (Wildman–Crippen LogP) is 1.85. The fraction of sp³-hybridized carbons (Fsp3) is 0.444. The Balaban J connectivity index is 2.25. The highest BCUT2D eigenvalue weighted by Gasteiger charge is 1.93. The Kier molecular flexibility index (Phi) is 4.57. The van der Waals surface area contributed by atoms with E-state index in [1.165, 1.54) is 0 Å². The first-order valence-electron chi connectivity index (χ1n) is 4.27. The minimum atomic E-state index is 0.481. The zero-order valence-corrected chi connectivity index (χ0v) is 8.13. The van der Waals surface area contributed by atoms with Crippen molar-refractivity contribution in [1.82, 2.24) is 4.98 Å². The minimum Gasteiger partial charge on any atom is -0.492 e. The van der Waals surface area contributed by atoms with Crippen LogP contribution in [-0.2, 0) is 0 Å². The summed E-state index contributed by atoms with van der Waals surface area (Å²) in [6.07, 6.45) is 3.57. The molecule has 0 fully saturated rings. The molecular weight excluding hydrogens is 188 g/mol. The molecule has 0 atom stereocenters. The van der Waals surface area contributed by atoms with Crippen LogP contribution < -0.4 is 10.5 Å². The van der Waals surface area contributed by atoms with Crippen molar-refractivity contribution in [3.63, 3.8) is 0 Å². The second-order valence-corrected chi connectivity index (χ2v) is 3.05. The maximum atomic E-state index is 5.61. The normalized spacial score (nSPS) is 10.0. The Labute approximate surface area is 82.9 Å². The van der Waals surface area contributed by atoms with Crippen molar-refractivity contribution >= 4 is 11.6 Å². The molecule has 0 radical (unpaired) electrons. The lowest BCUT2D eigenvalue weighted by molar-refractivity contribution is 0.306. The van der Waals surface area contributed by atoms with Gasteiger partial charge in [-0.25, -0.2) is 4.98 Å². The summed E-state index contributed by atoms with van der Waals surface area (Å²) in [6, 6.07) is 3.51. The molecule has 1 aromatic rings. The molecule has 72 valence electrons. The molecule has 0 aliphatic rings. The molecule has 0 saturated carbocycles. The summed E-state index contributed by atoms with van der Waals surface area (Å²) in [5.74, 6) is 0.751. The van der Waals surface area contributed by atoms with Crippen molar-refractivity contribution in [1.29, 1.82) is 0 Å². The van der Waals surface area contributed by atoms with Gasteiger partial charge in [0.05, 0.1) is 12.8 Å². The van der Waals surface area contributed by atoms with Gasteiger partial charge in [-0.15, -0.1) is 0 Å². The smallest absolute Gasteiger partial charge is 0.137 e. The third-order valence-electron chi connectivity index (χ3n) is 1.57. The average molecular weight is 201 g/mol. The summed E-state index contributed by atoms with van der Waals surface area (Å²) in [7, 11) is 0. The molecule has 0 unspecified atom stereocenters. The molecule has 1 rings (SSSR count). The van der Waals surface area contributed by atoms with Crippen LogP contribution >= 0.6 is 11.6 Å². The standard InChI is InChI=1S/C9H13ClN2O/c10-9-4-3-8(7-12-9)13-6-2-1-5-11/h3-4,7H,1-2,5-6,11H2. The van der Waals surface area contributed by atoms with Crippen LogP contribution in [0.1, 0.15) is 12.8 Å². The molecule has 0 aliphatic carbocycles. The molecule has 2 N–H and O–H groups in total. The molecular formula is C9H13ClN2O. The van der Waals surface area contributed by atoms with E-state index in [2.05, 4.69) is 4.98 Å². The van der Waals surface area contributed by atoms with Crippen LogP contribution in [0, 0.1) is 0 Å². The van der Waals surface area contributed by atoms with Gasteiger partial charge in [0.1, 0.15) is 10.9 Å². The second-order valence-electron chi connectivity index (χ2n) is 2.66. The first-order chi connectivity index (χ1) is 6.33. The molecule has 0 bridgehead atoms. The van der Waals surface area contributed by atoms with Gasteiger partial charge in [-0.2, -0.15) is 0 Å². The van der Waals surface area contributed by atoms with Crippen molar-refractivity contribution in [3.05, 3.63) is 23.5 Å². The van der Waals surface area contributed by atoms with Gasteiger partial charge in [0, 0.05) is 0 Å². The highest BCUT2D eigenvalue weighted by atomic mass is 35.5. The third kappa shape index (κ3) is 4.10. The number of nitrogens with two attached hydrogens (primary N) is 1. The number of hydrogen-bond donors (Lipinski definition) is 1. The summed E-state index contributed by atoms with van der Waals surface area (Å²) < 4.78 is 5.39. The van der Waals surface area contributed by atoms with Crippen LogP contribution in [0.2, 0.25) is 5.15 Å². The molecule has 0 saturated heterocycles. The lowest BCUT2D eigenvalue weighted by Crippen LogP contribution is -2.03. The summed E-state index contributed by atoms with van der Waals surface area (Å²) in [6.45, 7) is 1.39. The summed E-state index contributed by atoms with van der Waals surface area (Å²) in [4.78, 5) is 3.89. The van der Waals surface area contributed by atoms with Crippen molar-refractivity contribution in [2.24, 2.45) is 5.73 Å². The molecule has 0 aliphatic heterocycles. The van der Waals surface area contributed by atoms with Gasteiger partial charge < -0.3 is 10.5 Å². The highest BCUT2D eigenvalue weighted by molar-refractivity contribution is 6.29. The van der Waals surface area contributed by atoms with Crippen molar-refractivity contribution in [3.8, 4) is 5.75 Å². The van der Waals surface area contributed by atoms with Crippen LogP contribution in [-0.4, -0.2) is 18.1 Å². The molecule has 0 aromatic carbocycles. The van der Waals surface area contributed by atoms with Crippen LogP contribution in [0.25, 0.3) is 0 Å². The number of nitrogens with zero attached hydrogens (tertiary/aromatic N) is 1. The quantitative estimate of drug-likeness (QED) is 0.583. The SMILES string of the molecule is NCCCCOc1ccc(Cl)nc1. The Morgan fingerprint density at radius 3 is 2.85 bits per heavy atom. The average Bonchev–Trinajstić information content (AvgIpc) is 2.15. The molecule has 1 aromatic heterocycles. The van der Waals surface area contributed by atoms with Crippen molar-refractivity contribution < 1.29 is 4.74 Å². The largest absolute Gasteiger partial charge is 0.492 e. The predicted molar refractivity (Wildman–Crippen MR) is 53.0 cm³/mol. The van der Waals surface area contributed by atoms with Crippen LogP contribution in [0.15, 0.2) is 18.3 Å². The van der Waals surface area contributed by atoms with Crippen LogP contribution in [0.3, 0.4) is 0 Å². The topological polar surface area (TPSA) is 48.1 Å². The fourth-order valence-corrected chi connectivity index (χ4v) is 0.996. The molecule has 3 nitrogen and oxygen atoms in total. The zero-order chi connectivity index (χ0) is 9.52. The Hall–Kier alpha value is -0.800. The van der Waals surface area contributed by atoms with E-state index in [-0.39, 0.29) is 0 Å². The molecule has 13 heavy (non-hydrogen) atoms. The van der Waals surface area contributed by atoms with Crippen LogP contribution in [0.4, 0.5) is 0 Å². The number of hydrogen-bond acceptors (Lipinski definition) is 3. The maximum absolute atomic E-state index is 5.61. The van der Waals surface area contributed by atoms with E-state index in [0.29, 0.717) is 18.3 Å². The Morgan fingerprint density at radius 2 is 2.23 bits per heavy atom. The Morgan fingerprint density at radius 1 is 1.38 bits per heavy atom. The first kappa shape index (κ1) is 10.3. The van der Waals surface area contributed by atoms with Crippen LogP contribution in [0.5, 0.6) is 5.75 Å². The molecule has 4 heteroatoms. The van der Waals surface area contributed by atoms with E-state index in [1.54, 1.807) is 18.3 Å². The van der Waals surface area contributed by atoms with Gasteiger partial charge in [-0.1, -0.05) is 11.6 Å². The maximum Gasteiger partial charge on any atom is 0.137 e. The summed E-state index contributed by atoms with van der Waals surface area (Å²) >= 11 is 5.61. The Bertz CT molecular complexity index is 238. The lowest BCUT2D eigenvalue weighted by atomic mass is 10.3. The van der Waals surface area contributed by atoms with Gasteiger partial charge in [-0.05, 0) is 31.5 Å². The minimum absolute atomic E-state index is 0.481. The van der Waals surface area contributed by atoms with Crippen molar-refractivity contribution in [2.75, 3.05) is 13.2 Å². The number of unbranched alkanes of at least 4 members (excludes halogenated alkanes) is 1. The third-order valence-corrected chi connectivity index (χ3v) is 1.79. The first-order valence-corrected chi connectivity index (χ1v) is 4.65. The zero-order valence-electron chi connectivity index (χ0n) is 7.37. The number of aromatic nitrogens is 1. The molecule has 0 spiro atoms. The summed E-state index contributed by atoms with van der Waals surface area (Å²) in [5, 5.41) is 0.481. The van der Waals surface area contributed by atoms with E-state index < -0.39 is 0 Å². The van der Waals surface area contributed by atoms with Gasteiger partial charge in [0.15, 0.2) is 0 Å². The monoisotopic (exact) mass is 200 g/mol. The molecule has 0 amide bonds. The number of ether oxygens (including phenoxy) is 1. The van der Waals surface area contributed by atoms with E-state index >= 15 is 0 Å². The van der Waals surface area contributed by atoms with Gasteiger partial charge in [0.2, 0.25) is 0 Å². The summed E-state index contributed by atoms with van der Waals surface area (Å²) in [5.41, 5.74) is 5.34. The number of pyridine rings is 1. The van der Waals surface area contributed by atoms with Gasteiger partial charge >= 0.3 is 0 Å². The second kappa shape index (κ2) is 5.78. The number of halogens is 1.